The molecule has 2 aromatic carbocycles. The lowest BCUT2D eigenvalue weighted by Gasteiger charge is -2.10. The zero-order chi connectivity index (χ0) is 16.6. The Morgan fingerprint density at radius 2 is 1.74 bits per heavy atom. The Morgan fingerprint density at radius 3 is 2.35 bits per heavy atom. The van der Waals surface area contributed by atoms with Crippen LogP contribution in [-0.2, 0) is 0 Å². The van der Waals surface area contributed by atoms with Gasteiger partial charge in [0.2, 0.25) is 5.78 Å². The number of allylic oxidation sites excluding steroid dienone is 1. The minimum atomic E-state index is -0.208. The van der Waals surface area contributed by atoms with Crippen LogP contribution in [0.2, 0.25) is 0 Å². The van der Waals surface area contributed by atoms with E-state index < -0.39 is 0 Å². The molecule has 0 saturated heterocycles. The van der Waals surface area contributed by atoms with Crippen molar-refractivity contribution in [2.45, 2.75) is 6.92 Å². The second kappa shape index (κ2) is 6.08. The molecule has 2 aromatic rings. The molecule has 0 bridgehead atoms. The zero-order valence-corrected chi connectivity index (χ0v) is 14.6. The maximum Gasteiger partial charge on any atom is 0.235 e. The number of Topliss-reactive ketones (excluding diaryl/α,β-unsaturated/α-hetero) is 1. The van der Waals surface area contributed by atoms with Gasteiger partial charge in [-0.1, -0.05) is 29.8 Å². The molecular formula is C18H15BrO4. The monoisotopic (exact) mass is 374 g/mol. The number of benzene rings is 2. The van der Waals surface area contributed by atoms with Crippen LogP contribution in [0, 0.1) is 6.92 Å². The van der Waals surface area contributed by atoms with Gasteiger partial charge in [0.25, 0.3) is 0 Å². The smallest absolute Gasteiger partial charge is 0.235 e. The van der Waals surface area contributed by atoms with Gasteiger partial charge in [0.05, 0.1) is 14.2 Å². The lowest BCUT2D eigenvalue weighted by atomic mass is 10.1. The van der Waals surface area contributed by atoms with Gasteiger partial charge in [0.15, 0.2) is 11.5 Å². The number of halogens is 1. The number of hydrogen-bond acceptors (Lipinski definition) is 4. The molecule has 0 atom stereocenters. The fraction of sp³-hybridized carbons (Fsp3) is 0.167. The Bertz CT molecular complexity index is 807. The second-order valence-corrected chi connectivity index (χ2v) is 5.94. The lowest BCUT2D eigenvalue weighted by Crippen LogP contribution is -2.00. The lowest BCUT2D eigenvalue weighted by molar-refractivity contribution is 0.101. The van der Waals surface area contributed by atoms with Gasteiger partial charge in [0.1, 0.15) is 21.5 Å². The SMILES string of the molecule is COc1cc(OC)c2c(c1Br)OC(=Cc1ccc(C)cc1)C2=O. The van der Waals surface area contributed by atoms with Crippen LogP contribution in [0.25, 0.3) is 6.08 Å². The first-order valence-corrected chi connectivity index (χ1v) is 7.80. The average Bonchev–Trinajstić information content (AvgIpc) is 2.88. The molecule has 5 heteroatoms. The summed E-state index contributed by atoms with van der Waals surface area (Å²) in [5.41, 5.74) is 2.45. The molecule has 0 N–H and O–H groups in total. The van der Waals surface area contributed by atoms with Crippen LogP contribution in [-0.4, -0.2) is 20.0 Å². The number of fused-ring (bicyclic) bond motifs is 1. The van der Waals surface area contributed by atoms with E-state index in [0.29, 0.717) is 27.3 Å². The molecular weight excluding hydrogens is 360 g/mol. The van der Waals surface area contributed by atoms with Crippen molar-refractivity contribution in [3.05, 3.63) is 57.3 Å². The van der Waals surface area contributed by atoms with Crippen molar-refractivity contribution in [1.82, 2.24) is 0 Å². The number of ketones is 1. The third kappa shape index (κ3) is 2.72. The fourth-order valence-electron chi connectivity index (χ4n) is 2.40. The summed E-state index contributed by atoms with van der Waals surface area (Å²) in [4.78, 5) is 12.7. The minimum Gasteiger partial charge on any atom is -0.496 e. The molecule has 0 aliphatic carbocycles. The number of aryl methyl sites for hydroxylation is 1. The average molecular weight is 375 g/mol. The number of ether oxygens (including phenoxy) is 3. The molecule has 0 amide bonds. The first-order valence-electron chi connectivity index (χ1n) is 7.00. The Balaban J connectivity index is 2.08. The van der Waals surface area contributed by atoms with Crippen molar-refractivity contribution in [2.75, 3.05) is 14.2 Å². The van der Waals surface area contributed by atoms with Gasteiger partial charge in [-0.05, 0) is 34.5 Å². The summed E-state index contributed by atoms with van der Waals surface area (Å²) < 4.78 is 17.0. The highest BCUT2D eigenvalue weighted by Crippen LogP contribution is 2.48. The standard InChI is InChI=1S/C18H15BrO4/c1-10-4-6-11(7-5-10)8-14-17(20)15-12(21-2)9-13(22-3)16(19)18(15)23-14/h4-9H,1-3H3. The molecule has 3 rings (SSSR count). The Kier molecular flexibility index (Phi) is 4.13. The molecule has 0 spiro atoms. The molecule has 0 fully saturated rings. The largest absolute Gasteiger partial charge is 0.496 e. The molecule has 1 aliphatic rings. The maximum atomic E-state index is 12.7. The van der Waals surface area contributed by atoms with Gasteiger partial charge in [-0.2, -0.15) is 0 Å². The van der Waals surface area contributed by atoms with Gasteiger partial charge in [-0.15, -0.1) is 0 Å². The van der Waals surface area contributed by atoms with E-state index in [2.05, 4.69) is 15.9 Å². The fourth-order valence-corrected chi connectivity index (χ4v) is 2.95. The van der Waals surface area contributed by atoms with Crippen molar-refractivity contribution in [3.63, 3.8) is 0 Å². The van der Waals surface area contributed by atoms with Crippen LogP contribution >= 0.6 is 15.9 Å². The van der Waals surface area contributed by atoms with E-state index in [-0.39, 0.29) is 11.5 Å². The van der Waals surface area contributed by atoms with Crippen molar-refractivity contribution < 1.29 is 19.0 Å². The molecule has 0 aromatic heterocycles. The minimum absolute atomic E-state index is 0.208. The van der Waals surface area contributed by atoms with E-state index in [1.807, 2.05) is 31.2 Å². The van der Waals surface area contributed by atoms with Crippen LogP contribution in [0.3, 0.4) is 0 Å². The van der Waals surface area contributed by atoms with Crippen molar-refractivity contribution >= 4 is 27.8 Å². The summed E-state index contributed by atoms with van der Waals surface area (Å²) in [5.74, 6) is 1.45. The normalized spacial score (nSPS) is 14.6. The molecule has 23 heavy (non-hydrogen) atoms. The number of rotatable bonds is 3. The summed E-state index contributed by atoms with van der Waals surface area (Å²) in [7, 11) is 3.06. The van der Waals surface area contributed by atoms with Crippen LogP contribution in [0.15, 0.2) is 40.6 Å². The predicted molar refractivity (Wildman–Crippen MR) is 91.4 cm³/mol. The van der Waals surface area contributed by atoms with Gasteiger partial charge < -0.3 is 14.2 Å². The first kappa shape index (κ1) is 15.6. The Hall–Kier alpha value is -2.27. The summed E-state index contributed by atoms with van der Waals surface area (Å²) >= 11 is 3.42. The summed E-state index contributed by atoms with van der Waals surface area (Å²) in [6.07, 6.45) is 1.72. The van der Waals surface area contributed by atoms with E-state index in [0.717, 1.165) is 11.1 Å². The molecule has 1 heterocycles. The number of carbonyl (C=O) groups is 1. The van der Waals surface area contributed by atoms with E-state index in [1.165, 1.54) is 7.11 Å². The summed E-state index contributed by atoms with van der Waals surface area (Å²) in [6.45, 7) is 2.01. The number of methoxy groups -OCH3 is 2. The second-order valence-electron chi connectivity index (χ2n) is 5.15. The van der Waals surface area contributed by atoms with Crippen LogP contribution in [0.1, 0.15) is 21.5 Å². The highest BCUT2D eigenvalue weighted by molar-refractivity contribution is 9.10. The third-order valence-electron chi connectivity index (χ3n) is 3.63. The molecule has 118 valence electrons. The maximum absolute atomic E-state index is 12.7. The highest BCUT2D eigenvalue weighted by Gasteiger charge is 2.34. The van der Waals surface area contributed by atoms with E-state index in [1.54, 1.807) is 19.3 Å². The Labute approximate surface area is 142 Å². The van der Waals surface area contributed by atoms with Crippen molar-refractivity contribution in [1.29, 1.82) is 0 Å². The van der Waals surface area contributed by atoms with Crippen molar-refractivity contribution in [2.24, 2.45) is 0 Å². The van der Waals surface area contributed by atoms with Gasteiger partial charge in [-0.3, -0.25) is 4.79 Å². The zero-order valence-electron chi connectivity index (χ0n) is 13.0. The number of hydrogen-bond donors (Lipinski definition) is 0. The summed E-state index contributed by atoms with van der Waals surface area (Å²) in [5, 5.41) is 0. The van der Waals surface area contributed by atoms with Gasteiger partial charge in [-0.25, -0.2) is 0 Å². The van der Waals surface area contributed by atoms with Crippen molar-refractivity contribution in [3.8, 4) is 17.2 Å². The van der Waals surface area contributed by atoms with Crippen LogP contribution in [0.4, 0.5) is 0 Å². The van der Waals surface area contributed by atoms with E-state index >= 15 is 0 Å². The van der Waals surface area contributed by atoms with Crippen LogP contribution < -0.4 is 14.2 Å². The first-order chi connectivity index (χ1) is 11.0. The molecule has 4 nitrogen and oxygen atoms in total. The quantitative estimate of drug-likeness (QED) is 0.747. The predicted octanol–water partition coefficient (Wildman–Crippen LogP) is 4.39. The Morgan fingerprint density at radius 1 is 1.09 bits per heavy atom. The van der Waals surface area contributed by atoms with Crippen LogP contribution in [0.5, 0.6) is 17.2 Å². The molecule has 0 saturated carbocycles. The van der Waals surface area contributed by atoms with Gasteiger partial charge >= 0.3 is 0 Å². The van der Waals surface area contributed by atoms with E-state index in [9.17, 15) is 4.79 Å². The summed E-state index contributed by atoms with van der Waals surface area (Å²) in [6, 6.07) is 9.51. The topological polar surface area (TPSA) is 44.8 Å². The molecule has 0 radical (unpaired) electrons. The van der Waals surface area contributed by atoms with Gasteiger partial charge in [0, 0.05) is 6.07 Å². The van der Waals surface area contributed by atoms with E-state index in [4.69, 9.17) is 14.2 Å². The third-order valence-corrected chi connectivity index (χ3v) is 4.38. The highest BCUT2D eigenvalue weighted by atomic mass is 79.9. The molecule has 1 aliphatic heterocycles. The molecule has 0 unspecified atom stereocenters. The number of carbonyl (C=O) groups excluding carboxylic acids is 1.